The van der Waals surface area contributed by atoms with Gasteiger partial charge in [-0.1, -0.05) is 17.7 Å². The molecule has 0 radical (unpaired) electrons. The summed E-state index contributed by atoms with van der Waals surface area (Å²) in [4.78, 5) is 27.0. The summed E-state index contributed by atoms with van der Waals surface area (Å²) in [5.74, 6) is -0.523. The van der Waals surface area contributed by atoms with E-state index < -0.39 is 11.8 Å². The molecule has 1 N–H and O–H groups in total. The maximum absolute atomic E-state index is 13.2. The number of halogens is 1. The van der Waals surface area contributed by atoms with Gasteiger partial charge in [0, 0.05) is 10.6 Å². The molecule has 1 saturated heterocycles. The number of ether oxygens (including phenoxy) is 1. The Balaban J connectivity index is 2.08. The number of thiocarbonyl (C=S) groups is 1. The molecule has 0 aromatic heterocycles. The summed E-state index contributed by atoms with van der Waals surface area (Å²) in [5.41, 5.74) is 3.08. The van der Waals surface area contributed by atoms with Gasteiger partial charge in [-0.15, -0.1) is 0 Å². The zero-order valence-electron chi connectivity index (χ0n) is 15.7. The highest BCUT2D eigenvalue weighted by Crippen LogP contribution is 2.28. The maximum Gasteiger partial charge on any atom is 0.270 e. The van der Waals surface area contributed by atoms with Crippen molar-refractivity contribution < 1.29 is 14.3 Å². The van der Waals surface area contributed by atoms with Gasteiger partial charge in [0.1, 0.15) is 11.3 Å². The van der Waals surface area contributed by atoms with Crippen molar-refractivity contribution in [3.63, 3.8) is 0 Å². The van der Waals surface area contributed by atoms with Gasteiger partial charge in [-0.2, -0.15) is 0 Å². The van der Waals surface area contributed by atoms with Crippen molar-refractivity contribution >= 4 is 52.5 Å². The van der Waals surface area contributed by atoms with Gasteiger partial charge >= 0.3 is 0 Å². The fourth-order valence-corrected chi connectivity index (χ4v) is 3.51. The average molecular weight is 415 g/mol. The number of hydrogen-bond donors (Lipinski definition) is 1. The minimum atomic E-state index is -0.557. The van der Waals surface area contributed by atoms with Crippen molar-refractivity contribution in [2.75, 3.05) is 11.5 Å². The molecule has 144 valence electrons. The van der Waals surface area contributed by atoms with Crippen LogP contribution in [0, 0.1) is 13.8 Å². The average Bonchev–Trinajstić information content (AvgIpc) is 2.60. The Kier molecular flexibility index (Phi) is 5.82. The van der Waals surface area contributed by atoms with Gasteiger partial charge in [0.15, 0.2) is 5.11 Å². The van der Waals surface area contributed by atoms with Crippen LogP contribution < -0.4 is 15.0 Å². The van der Waals surface area contributed by atoms with Crippen LogP contribution in [0.25, 0.3) is 6.08 Å². The Morgan fingerprint density at radius 2 is 1.82 bits per heavy atom. The molecule has 28 heavy (non-hydrogen) atoms. The van der Waals surface area contributed by atoms with Crippen molar-refractivity contribution in [3.05, 3.63) is 63.7 Å². The Morgan fingerprint density at radius 3 is 2.46 bits per heavy atom. The molecule has 7 heteroatoms. The molecule has 3 rings (SSSR count). The second-order valence-electron chi connectivity index (χ2n) is 6.42. The summed E-state index contributed by atoms with van der Waals surface area (Å²) < 4.78 is 5.58. The van der Waals surface area contributed by atoms with Gasteiger partial charge < -0.3 is 4.74 Å². The molecule has 0 atom stereocenters. The first-order valence-corrected chi connectivity index (χ1v) is 9.51. The first-order valence-electron chi connectivity index (χ1n) is 8.72. The van der Waals surface area contributed by atoms with Crippen molar-refractivity contribution in [2.24, 2.45) is 0 Å². The Hall–Kier alpha value is -2.70. The van der Waals surface area contributed by atoms with E-state index in [1.807, 2.05) is 39.0 Å². The monoisotopic (exact) mass is 414 g/mol. The van der Waals surface area contributed by atoms with Gasteiger partial charge in [-0.3, -0.25) is 19.8 Å². The second kappa shape index (κ2) is 8.12. The van der Waals surface area contributed by atoms with Crippen LogP contribution >= 0.6 is 23.8 Å². The molecule has 0 aliphatic carbocycles. The van der Waals surface area contributed by atoms with E-state index in [1.54, 1.807) is 18.2 Å². The molecule has 0 spiro atoms. The van der Waals surface area contributed by atoms with Crippen LogP contribution in [0.3, 0.4) is 0 Å². The smallest absolute Gasteiger partial charge is 0.270 e. The highest BCUT2D eigenvalue weighted by Gasteiger charge is 2.34. The number of rotatable bonds is 4. The molecular formula is C21H19ClN2O3S. The lowest BCUT2D eigenvalue weighted by Gasteiger charge is -2.29. The van der Waals surface area contributed by atoms with Gasteiger partial charge in [-0.05, 0) is 80.5 Å². The van der Waals surface area contributed by atoms with E-state index in [1.165, 1.54) is 11.0 Å². The molecular weight excluding hydrogens is 396 g/mol. The van der Waals surface area contributed by atoms with E-state index in [0.29, 0.717) is 28.6 Å². The zero-order valence-corrected chi connectivity index (χ0v) is 17.3. The molecule has 1 aliphatic heterocycles. The standard InChI is InChI=1S/C21H19ClN2O3S/c1-4-27-18-6-5-15(22)10-14(18)11-17-19(25)23-21(28)24(20(17)26)16-8-12(2)7-13(3)9-16/h5-11H,4H2,1-3H3,(H,23,25,28)/b17-11+. The number of amides is 2. The normalized spacial score (nSPS) is 15.8. The van der Waals surface area contributed by atoms with Crippen molar-refractivity contribution in [2.45, 2.75) is 20.8 Å². The van der Waals surface area contributed by atoms with Crippen molar-refractivity contribution in [1.82, 2.24) is 5.32 Å². The Morgan fingerprint density at radius 1 is 1.14 bits per heavy atom. The molecule has 0 saturated carbocycles. The molecule has 0 unspecified atom stereocenters. The third-order valence-electron chi connectivity index (χ3n) is 4.14. The number of hydrogen-bond acceptors (Lipinski definition) is 4. The lowest BCUT2D eigenvalue weighted by molar-refractivity contribution is -0.122. The highest BCUT2D eigenvalue weighted by molar-refractivity contribution is 7.80. The quantitative estimate of drug-likeness (QED) is 0.463. The predicted octanol–water partition coefficient (Wildman–Crippen LogP) is 4.19. The number of carbonyl (C=O) groups is 2. The maximum atomic E-state index is 13.2. The van der Waals surface area contributed by atoms with Gasteiger partial charge in [0.05, 0.1) is 12.3 Å². The number of nitrogens with one attached hydrogen (secondary N) is 1. The van der Waals surface area contributed by atoms with Crippen molar-refractivity contribution in [1.29, 1.82) is 0 Å². The van der Waals surface area contributed by atoms with Crippen LogP contribution in [0.15, 0.2) is 42.0 Å². The summed E-state index contributed by atoms with van der Waals surface area (Å²) in [7, 11) is 0. The van der Waals surface area contributed by atoms with Crippen LogP contribution in [0.5, 0.6) is 5.75 Å². The lowest BCUT2D eigenvalue weighted by Crippen LogP contribution is -2.54. The molecule has 2 aromatic carbocycles. The molecule has 1 aliphatic rings. The lowest BCUT2D eigenvalue weighted by atomic mass is 10.0. The topological polar surface area (TPSA) is 58.6 Å². The van der Waals surface area contributed by atoms with E-state index in [0.717, 1.165) is 11.1 Å². The number of carbonyl (C=O) groups excluding carboxylic acids is 2. The fourth-order valence-electron chi connectivity index (χ4n) is 3.05. The van der Waals surface area contributed by atoms with Gasteiger partial charge in [0.2, 0.25) is 0 Å². The number of benzene rings is 2. The van der Waals surface area contributed by atoms with Gasteiger partial charge in [-0.25, -0.2) is 0 Å². The summed E-state index contributed by atoms with van der Waals surface area (Å²) in [6.07, 6.45) is 1.48. The fraction of sp³-hybridized carbons (Fsp3) is 0.190. The van der Waals surface area contributed by atoms with Crippen LogP contribution in [-0.2, 0) is 9.59 Å². The minimum Gasteiger partial charge on any atom is -0.493 e. The van der Waals surface area contributed by atoms with Gasteiger partial charge in [0.25, 0.3) is 11.8 Å². The van der Waals surface area contributed by atoms with E-state index in [4.69, 9.17) is 28.6 Å². The summed E-state index contributed by atoms with van der Waals surface area (Å²) in [6.45, 7) is 6.16. The summed E-state index contributed by atoms with van der Waals surface area (Å²) >= 11 is 11.3. The number of nitrogens with zero attached hydrogens (tertiary/aromatic N) is 1. The zero-order chi connectivity index (χ0) is 20.4. The Labute approximate surface area is 173 Å². The van der Waals surface area contributed by atoms with Crippen LogP contribution in [0.4, 0.5) is 5.69 Å². The van der Waals surface area contributed by atoms with Crippen LogP contribution in [0.1, 0.15) is 23.6 Å². The summed E-state index contributed by atoms with van der Waals surface area (Å²) in [5, 5.41) is 3.11. The molecule has 1 heterocycles. The number of anilines is 1. The van der Waals surface area contributed by atoms with Crippen LogP contribution in [-0.4, -0.2) is 23.5 Å². The third kappa shape index (κ3) is 4.08. The first kappa shape index (κ1) is 20.0. The highest BCUT2D eigenvalue weighted by atomic mass is 35.5. The summed E-state index contributed by atoms with van der Waals surface area (Å²) in [6, 6.07) is 10.7. The number of aryl methyl sites for hydroxylation is 2. The largest absolute Gasteiger partial charge is 0.493 e. The van der Waals surface area contributed by atoms with E-state index in [9.17, 15) is 9.59 Å². The van der Waals surface area contributed by atoms with Crippen LogP contribution in [0.2, 0.25) is 5.02 Å². The first-order chi connectivity index (χ1) is 13.3. The minimum absolute atomic E-state index is 0.0454. The van der Waals surface area contributed by atoms with Crippen molar-refractivity contribution in [3.8, 4) is 5.75 Å². The van der Waals surface area contributed by atoms with E-state index >= 15 is 0 Å². The molecule has 2 amide bonds. The van der Waals surface area contributed by atoms with E-state index in [2.05, 4.69) is 5.32 Å². The molecule has 5 nitrogen and oxygen atoms in total. The third-order valence-corrected chi connectivity index (χ3v) is 4.66. The molecule has 2 aromatic rings. The second-order valence-corrected chi connectivity index (χ2v) is 7.24. The Bertz CT molecular complexity index is 996. The van der Waals surface area contributed by atoms with E-state index in [-0.39, 0.29) is 10.7 Å². The SMILES string of the molecule is CCOc1ccc(Cl)cc1/C=C1\C(=O)NC(=S)N(c2cc(C)cc(C)c2)C1=O. The predicted molar refractivity (Wildman–Crippen MR) is 115 cm³/mol. The molecule has 1 fully saturated rings. The molecule has 0 bridgehead atoms.